The van der Waals surface area contributed by atoms with E-state index >= 15 is 0 Å². The highest BCUT2D eigenvalue weighted by molar-refractivity contribution is 5.92. The third-order valence-corrected chi connectivity index (χ3v) is 5.12. The van der Waals surface area contributed by atoms with Gasteiger partial charge in [-0.15, -0.1) is 0 Å². The molecule has 0 spiro atoms. The summed E-state index contributed by atoms with van der Waals surface area (Å²) in [5.41, 5.74) is 1.48. The van der Waals surface area contributed by atoms with E-state index in [-0.39, 0.29) is 23.7 Å². The van der Waals surface area contributed by atoms with Crippen LogP contribution in [0.4, 0.5) is 5.82 Å². The van der Waals surface area contributed by atoms with Gasteiger partial charge >= 0.3 is 0 Å². The van der Waals surface area contributed by atoms with Gasteiger partial charge in [0.1, 0.15) is 23.6 Å². The van der Waals surface area contributed by atoms with Gasteiger partial charge in [-0.2, -0.15) is 0 Å². The number of nitrogens with zero attached hydrogens (tertiary/aromatic N) is 5. The summed E-state index contributed by atoms with van der Waals surface area (Å²) in [6.07, 6.45) is 2.86. The van der Waals surface area contributed by atoms with Gasteiger partial charge in [0, 0.05) is 43.9 Å². The highest BCUT2D eigenvalue weighted by Gasteiger charge is 2.15. The van der Waals surface area contributed by atoms with Gasteiger partial charge in [0.05, 0.1) is 32.3 Å². The Morgan fingerprint density at radius 1 is 1.12 bits per heavy atom. The smallest absolute Gasteiger partial charge is 0.270 e. The van der Waals surface area contributed by atoms with Crippen LogP contribution in [0.3, 0.4) is 0 Å². The third-order valence-electron chi connectivity index (χ3n) is 5.12. The summed E-state index contributed by atoms with van der Waals surface area (Å²) in [4.78, 5) is 39.7. The summed E-state index contributed by atoms with van der Waals surface area (Å²) in [6, 6.07) is 10.5. The van der Waals surface area contributed by atoms with E-state index in [9.17, 15) is 9.59 Å². The summed E-state index contributed by atoms with van der Waals surface area (Å²) < 4.78 is 11.9. The standard InChI is InChI=1S/C22H24N6O4/c1-31-17-4-2-16(3-5-17)18-13-21(29)28(15-26-18)7-6-23-22(30)19-12-20(25-14-24-19)27-8-10-32-11-9-27/h2-5,12-15H,6-11H2,1H3,(H,23,30). The van der Waals surface area contributed by atoms with Crippen molar-refractivity contribution in [3.05, 3.63) is 65.1 Å². The molecule has 1 amide bonds. The lowest BCUT2D eigenvalue weighted by Crippen LogP contribution is -2.37. The average molecular weight is 436 g/mol. The van der Waals surface area contributed by atoms with Crippen molar-refractivity contribution in [2.45, 2.75) is 6.54 Å². The maximum atomic E-state index is 12.5. The van der Waals surface area contributed by atoms with E-state index in [1.165, 1.54) is 23.3 Å². The van der Waals surface area contributed by atoms with E-state index < -0.39 is 0 Å². The van der Waals surface area contributed by atoms with Crippen LogP contribution in [0, 0.1) is 0 Å². The topological polar surface area (TPSA) is 111 Å². The van der Waals surface area contributed by atoms with E-state index in [0.29, 0.717) is 31.3 Å². The van der Waals surface area contributed by atoms with Crippen LogP contribution in [0.5, 0.6) is 5.75 Å². The Morgan fingerprint density at radius 2 is 1.91 bits per heavy atom. The van der Waals surface area contributed by atoms with Gasteiger partial charge < -0.3 is 19.7 Å². The largest absolute Gasteiger partial charge is 0.497 e. The molecule has 1 aliphatic rings. The average Bonchev–Trinajstić information content (AvgIpc) is 2.85. The number of rotatable bonds is 7. The maximum Gasteiger partial charge on any atom is 0.270 e. The van der Waals surface area contributed by atoms with Crippen molar-refractivity contribution in [2.24, 2.45) is 0 Å². The first-order chi connectivity index (χ1) is 15.6. The number of aromatic nitrogens is 4. The number of nitrogens with one attached hydrogen (secondary N) is 1. The molecule has 1 fully saturated rings. The predicted molar refractivity (Wildman–Crippen MR) is 118 cm³/mol. The lowest BCUT2D eigenvalue weighted by Gasteiger charge is -2.27. The van der Waals surface area contributed by atoms with Gasteiger partial charge in [-0.3, -0.25) is 14.2 Å². The summed E-state index contributed by atoms with van der Waals surface area (Å²) in [5, 5.41) is 2.79. The van der Waals surface area contributed by atoms with E-state index in [4.69, 9.17) is 9.47 Å². The van der Waals surface area contributed by atoms with Gasteiger partial charge in [0.25, 0.3) is 11.5 Å². The number of hydrogen-bond acceptors (Lipinski definition) is 8. The second-order valence-electron chi connectivity index (χ2n) is 7.15. The molecule has 3 aromatic rings. The summed E-state index contributed by atoms with van der Waals surface area (Å²) in [5.74, 6) is 1.11. The van der Waals surface area contributed by atoms with Crippen molar-refractivity contribution in [3.8, 4) is 17.0 Å². The molecule has 0 unspecified atom stereocenters. The first-order valence-corrected chi connectivity index (χ1v) is 10.3. The molecule has 1 aliphatic heterocycles. The van der Waals surface area contributed by atoms with Gasteiger partial charge in [-0.1, -0.05) is 0 Å². The van der Waals surface area contributed by atoms with Crippen molar-refractivity contribution >= 4 is 11.7 Å². The van der Waals surface area contributed by atoms with E-state index in [1.807, 2.05) is 24.3 Å². The number of carbonyl (C=O) groups excluding carboxylic acids is 1. The van der Waals surface area contributed by atoms with Gasteiger partial charge in [-0.25, -0.2) is 15.0 Å². The highest BCUT2D eigenvalue weighted by Crippen LogP contribution is 2.19. The van der Waals surface area contributed by atoms with Crippen LogP contribution >= 0.6 is 0 Å². The second-order valence-corrected chi connectivity index (χ2v) is 7.15. The zero-order chi connectivity index (χ0) is 22.3. The predicted octanol–water partition coefficient (Wildman–Crippen LogP) is 0.976. The molecule has 10 heteroatoms. The third kappa shape index (κ3) is 5.09. The number of amides is 1. The number of carbonyl (C=O) groups is 1. The van der Waals surface area contributed by atoms with Crippen molar-refractivity contribution in [2.75, 3.05) is 44.9 Å². The lowest BCUT2D eigenvalue weighted by molar-refractivity contribution is 0.0947. The van der Waals surface area contributed by atoms with E-state index in [0.717, 1.165) is 24.4 Å². The Hall–Kier alpha value is -3.79. The zero-order valence-electron chi connectivity index (χ0n) is 17.7. The number of benzene rings is 1. The molecule has 0 radical (unpaired) electrons. The maximum absolute atomic E-state index is 12.5. The highest BCUT2D eigenvalue weighted by atomic mass is 16.5. The fourth-order valence-corrected chi connectivity index (χ4v) is 3.33. The van der Waals surface area contributed by atoms with Gasteiger partial charge in [0.15, 0.2) is 0 Å². The normalized spacial score (nSPS) is 13.6. The Labute approximate surface area is 184 Å². The molecule has 0 atom stereocenters. The van der Waals surface area contributed by atoms with E-state index in [2.05, 4.69) is 25.2 Å². The van der Waals surface area contributed by atoms with Crippen LogP contribution in [0.2, 0.25) is 0 Å². The molecular formula is C22H24N6O4. The molecule has 0 saturated carbocycles. The van der Waals surface area contributed by atoms with Crippen LogP contribution in [0.25, 0.3) is 11.3 Å². The van der Waals surface area contributed by atoms with Crippen LogP contribution in [0.1, 0.15) is 10.5 Å². The summed E-state index contributed by atoms with van der Waals surface area (Å²) >= 11 is 0. The molecule has 2 aromatic heterocycles. The minimum Gasteiger partial charge on any atom is -0.497 e. The Bertz CT molecular complexity index is 1130. The molecule has 0 bridgehead atoms. The van der Waals surface area contributed by atoms with Crippen LogP contribution in [-0.4, -0.2) is 65.4 Å². The lowest BCUT2D eigenvalue weighted by atomic mass is 10.1. The Kier molecular flexibility index (Phi) is 6.71. The monoisotopic (exact) mass is 436 g/mol. The molecule has 1 N–H and O–H groups in total. The molecule has 166 valence electrons. The quantitative estimate of drug-likeness (QED) is 0.583. The molecule has 1 aromatic carbocycles. The van der Waals surface area contributed by atoms with Crippen molar-refractivity contribution < 1.29 is 14.3 Å². The SMILES string of the molecule is COc1ccc(-c2cc(=O)n(CCNC(=O)c3cc(N4CCOCC4)ncn3)cn2)cc1. The number of anilines is 1. The molecule has 10 nitrogen and oxygen atoms in total. The van der Waals surface area contributed by atoms with Crippen molar-refractivity contribution in [1.29, 1.82) is 0 Å². The minimum absolute atomic E-state index is 0.197. The first-order valence-electron chi connectivity index (χ1n) is 10.3. The second kappa shape index (κ2) is 10.0. The van der Waals surface area contributed by atoms with Crippen molar-refractivity contribution in [3.63, 3.8) is 0 Å². The van der Waals surface area contributed by atoms with Crippen LogP contribution in [0.15, 0.2) is 53.8 Å². The van der Waals surface area contributed by atoms with Gasteiger partial charge in [-0.05, 0) is 24.3 Å². The fourth-order valence-electron chi connectivity index (χ4n) is 3.33. The number of ether oxygens (including phenoxy) is 2. The zero-order valence-corrected chi connectivity index (χ0v) is 17.7. The Balaban J connectivity index is 1.35. The summed E-state index contributed by atoms with van der Waals surface area (Å²) in [7, 11) is 1.60. The summed E-state index contributed by atoms with van der Waals surface area (Å²) in [6.45, 7) is 3.26. The molecule has 3 heterocycles. The number of methoxy groups -OCH3 is 1. The molecule has 32 heavy (non-hydrogen) atoms. The minimum atomic E-state index is -0.322. The van der Waals surface area contributed by atoms with Crippen LogP contribution in [-0.2, 0) is 11.3 Å². The van der Waals surface area contributed by atoms with Gasteiger partial charge in [0.2, 0.25) is 0 Å². The molecular weight excluding hydrogens is 412 g/mol. The van der Waals surface area contributed by atoms with Crippen LogP contribution < -0.4 is 20.5 Å². The first kappa shape index (κ1) is 21.4. The fraction of sp³-hybridized carbons (Fsp3) is 0.318. The molecule has 0 aliphatic carbocycles. The molecule has 4 rings (SSSR count). The number of hydrogen-bond donors (Lipinski definition) is 1. The van der Waals surface area contributed by atoms with Crippen molar-refractivity contribution in [1.82, 2.24) is 24.8 Å². The molecule has 1 saturated heterocycles. The number of morpholine rings is 1. The Morgan fingerprint density at radius 3 is 2.62 bits per heavy atom. The van der Waals surface area contributed by atoms with E-state index in [1.54, 1.807) is 13.2 Å².